The fraction of sp³-hybridized carbons (Fsp3) is 0. The van der Waals surface area contributed by atoms with E-state index in [-0.39, 0.29) is 11.0 Å². The third-order valence-electron chi connectivity index (χ3n) is 1.54. The van der Waals surface area contributed by atoms with Gasteiger partial charge in [-0.15, -0.1) is 0 Å². The van der Waals surface area contributed by atoms with Crippen molar-refractivity contribution < 1.29 is 9.18 Å². The molecule has 0 bridgehead atoms. The van der Waals surface area contributed by atoms with Gasteiger partial charge in [0.2, 0.25) is 0 Å². The van der Waals surface area contributed by atoms with Crippen LogP contribution in [0, 0.1) is 5.13 Å². The van der Waals surface area contributed by atoms with Crippen LogP contribution in [0.2, 0.25) is 0 Å². The van der Waals surface area contributed by atoms with Gasteiger partial charge in [0.1, 0.15) is 5.69 Å². The highest BCUT2D eigenvalue weighted by atomic mass is 32.1. The molecule has 2 aromatic rings. The van der Waals surface area contributed by atoms with Gasteiger partial charge in [-0.25, -0.2) is 4.98 Å². The van der Waals surface area contributed by atoms with Crippen molar-refractivity contribution in [2.24, 2.45) is 0 Å². The average Bonchev–Trinajstić information content (AvgIpc) is 2.75. The van der Waals surface area contributed by atoms with E-state index in [1.807, 2.05) is 0 Å². The Balaban J connectivity index is 2.09. The van der Waals surface area contributed by atoms with Crippen LogP contribution in [0.5, 0.6) is 0 Å². The number of rotatable bonds is 2. The highest BCUT2D eigenvalue weighted by Crippen LogP contribution is 2.16. The molecule has 0 saturated heterocycles. The first-order valence-corrected chi connectivity index (χ1v) is 4.63. The van der Waals surface area contributed by atoms with E-state index in [0.29, 0.717) is 5.69 Å². The lowest BCUT2D eigenvalue weighted by Crippen LogP contribution is -2.11. The highest BCUT2D eigenvalue weighted by Gasteiger charge is 2.08. The zero-order valence-electron chi connectivity index (χ0n) is 6.95. The summed E-state index contributed by atoms with van der Waals surface area (Å²) in [4.78, 5) is 17.8. The topological polar surface area (TPSA) is 57.8 Å². The first-order chi connectivity index (χ1) is 6.75. The van der Waals surface area contributed by atoms with E-state index in [1.54, 1.807) is 18.3 Å². The van der Waals surface area contributed by atoms with Crippen molar-refractivity contribution in [3.63, 3.8) is 0 Å². The van der Waals surface area contributed by atoms with Gasteiger partial charge >= 0.3 is 0 Å². The molecule has 0 unspecified atom stereocenters. The second kappa shape index (κ2) is 3.59. The Kier molecular flexibility index (Phi) is 2.28. The summed E-state index contributed by atoms with van der Waals surface area (Å²) in [6, 6.07) is 3.33. The number of aromatic amines is 1. The van der Waals surface area contributed by atoms with Crippen LogP contribution in [0.4, 0.5) is 9.52 Å². The molecule has 0 atom stereocenters. The number of H-pyrrole nitrogens is 1. The number of aromatic nitrogens is 2. The van der Waals surface area contributed by atoms with Crippen molar-refractivity contribution in [2.75, 3.05) is 5.32 Å². The number of carbonyl (C=O) groups excluding carboxylic acids is 1. The lowest BCUT2D eigenvalue weighted by atomic mass is 10.4. The Bertz CT molecular complexity index is 437. The van der Waals surface area contributed by atoms with E-state index >= 15 is 0 Å². The maximum absolute atomic E-state index is 12.5. The number of carbonyl (C=O) groups is 1. The quantitative estimate of drug-likeness (QED) is 0.796. The Morgan fingerprint density at radius 3 is 3.07 bits per heavy atom. The van der Waals surface area contributed by atoms with Gasteiger partial charge in [0, 0.05) is 6.20 Å². The zero-order valence-corrected chi connectivity index (χ0v) is 7.77. The SMILES string of the molecule is O=C(Nc1ncc(F)s1)c1ccc[nH]1. The van der Waals surface area contributed by atoms with Crippen molar-refractivity contribution >= 4 is 22.4 Å². The van der Waals surface area contributed by atoms with Crippen LogP contribution in [0.1, 0.15) is 10.5 Å². The van der Waals surface area contributed by atoms with Gasteiger partial charge in [-0.1, -0.05) is 11.3 Å². The van der Waals surface area contributed by atoms with Gasteiger partial charge in [0.05, 0.1) is 6.20 Å². The normalized spacial score (nSPS) is 10.1. The average molecular weight is 211 g/mol. The largest absolute Gasteiger partial charge is 0.357 e. The van der Waals surface area contributed by atoms with Crippen molar-refractivity contribution in [3.8, 4) is 0 Å². The number of hydrogen-bond acceptors (Lipinski definition) is 3. The number of amides is 1. The fourth-order valence-corrected chi connectivity index (χ4v) is 1.49. The molecule has 0 spiro atoms. The summed E-state index contributed by atoms with van der Waals surface area (Å²) in [6.45, 7) is 0. The summed E-state index contributed by atoms with van der Waals surface area (Å²) < 4.78 is 12.5. The van der Waals surface area contributed by atoms with Gasteiger partial charge in [-0.3, -0.25) is 10.1 Å². The number of nitrogens with zero attached hydrogens (tertiary/aromatic N) is 1. The summed E-state index contributed by atoms with van der Waals surface area (Å²) in [5.74, 6) is -0.329. The molecule has 14 heavy (non-hydrogen) atoms. The van der Waals surface area contributed by atoms with Crippen LogP contribution in [-0.4, -0.2) is 15.9 Å². The van der Waals surface area contributed by atoms with E-state index in [4.69, 9.17) is 0 Å². The molecule has 72 valence electrons. The third kappa shape index (κ3) is 1.80. The number of halogens is 1. The summed E-state index contributed by atoms with van der Waals surface area (Å²) in [6.07, 6.45) is 2.70. The molecule has 0 aliphatic heterocycles. The fourth-order valence-electron chi connectivity index (χ4n) is 0.948. The molecule has 2 heterocycles. The molecule has 0 aliphatic rings. The Morgan fingerprint density at radius 1 is 1.64 bits per heavy atom. The van der Waals surface area contributed by atoms with Crippen molar-refractivity contribution in [1.82, 2.24) is 9.97 Å². The molecule has 1 amide bonds. The standard InChI is InChI=1S/C8H6FN3OS/c9-6-4-11-8(14-6)12-7(13)5-2-1-3-10-5/h1-4,10H,(H,11,12,13). The molecule has 0 saturated carbocycles. The second-order valence-electron chi connectivity index (χ2n) is 2.51. The molecular formula is C8H6FN3OS. The molecular weight excluding hydrogens is 205 g/mol. The molecule has 4 nitrogen and oxygen atoms in total. The minimum absolute atomic E-state index is 0.252. The highest BCUT2D eigenvalue weighted by molar-refractivity contribution is 7.14. The van der Waals surface area contributed by atoms with Crippen molar-refractivity contribution in [1.29, 1.82) is 0 Å². The van der Waals surface area contributed by atoms with Crippen LogP contribution in [0.25, 0.3) is 0 Å². The van der Waals surface area contributed by atoms with Crippen molar-refractivity contribution in [2.45, 2.75) is 0 Å². The summed E-state index contributed by atoms with van der Waals surface area (Å²) in [5, 5.41) is 2.29. The van der Waals surface area contributed by atoms with Gasteiger partial charge in [0.25, 0.3) is 5.91 Å². The van der Waals surface area contributed by atoms with Crippen molar-refractivity contribution in [3.05, 3.63) is 35.4 Å². The summed E-state index contributed by atoms with van der Waals surface area (Å²) in [5.41, 5.74) is 0.417. The van der Waals surface area contributed by atoms with E-state index in [1.165, 1.54) is 0 Å². The number of hydrogen-bond donors (Lipinski definition) is 2. The minimum atomic E-state index is -0.424. The Labute approximate surface area is 82.8 Å². The first-order valence-electron chi connectivity index (χ1n) is 3.82. The van der Waals surface area contributed by atoms with E-state index in [2.05, 4.69) is 15.3 Å². The number of thiazole rings is 1. The minimum Gasteiger partial charge on any atom is -0.357 e. The lowest BCUT2D eigenvalue weighted by Gasteiger charge is -1.97. The Morgan fingerprint density at radius 2 is 2.50 bits per heavy atom. The van der Waals surface area contributed by atoms with Gasteiger partial charge in [-0.2, -0.15) is 4.39 Å². The molecule has 0 fully saturated rings. The Hall–Kier alpha value is -1.69. The number of anilines is 1. The van der Waals surface area contributed by atoms with Crippen LogP contribution < -0.4 is 5.32 Å². The molecule has 2 aromatic heterocycles. The second-order valence-corrected chi connectivity index (χ2v) is 3.49. The van der Waals surface area contributed by atoms with Crippen LogP contribution in [0.15, 0.2) is 24.5 Å². The third-order valence-corrected chi connectivity index (χ3v) is 2.24. The van der Waals surface area contributed by atoms with Gasteiger partial charge in [-0.05, 0) is 12.1 Å². The van der Waals surface area contributed by atoms with E-state index < -0.39 is 5.13 Å². The summed E-state index contributed by atoms with van der Waals surface area (Å²) in [7, 11) is 0. The zero-order chi connectivity index (χ0) is 9.97. The predicted octanol–water partition coefficient (Wildman–Crippen LogP) is 1.86. The van der Waals surface area contributed by atoms with Crippen LogP contribution >= 0.6 is 11.3 Å². The monoisotopic (exact) mass is 211 g/mol. The first kappa shape index (κ1) is 8.89. The smallest absolute Gasteiger partial charge is 0.273 e. The van der Waals surface area contributed by atoms with E-state index in [9.17, 15) is 9.18 Å². The lowest BCUT2D eigenvalue weighted by molar-refractivity contribution is 0.102. The molecule has 0 aromatic carbocycles. The maximum atomic E-state index is 12.5. The van der Waals surface area contributed by atoms with Crippen LogP contribution in [-0.2, 0) is 0 Å². The molecule has 0 aliphatic carbocycles. The maximum Gasteiger partial charge on any atom is 0.273 e. The summed E-state index contributed by atoms with van der Waals surface area (Å²) >= 11 is 0.790. The predicted molar refractivity (Wildman–Crippen MR) is 50.8 cm³/mol. The molecule has 2 rings (SSSR count). The van der Waals surface area contributed by atoms with Crippen LogP contribution in [0.3, 0.4) is 0 Å². The molecule has 2 N–H and O–H groups in total. The van der Waals surface area contributed by atoms with E-state index in [0.717, 1.165) is 17.5 Å². The van der Waals surface area contributed by atoms with Gasteiger partial charge < -0.3 is 4.98 Å². The molecule has 6 heteroatoms. The number of nitrogens with one attached hydrogen (secondary N) is 2. The molecule has 0 radical (unpaired) electrons. The van der Waals surface area contributed by atoms with Gasteiger partial charge in [0.15, 0.2) is 10.3 Å².